The quantitative estimate of drug-likeness (QED) is 0.590. The van der Waals surface area contributed by atoms with Crippen LogP contribution in [0.3, 0.4) is 0 Å². The maximum absolute atomic E-state index is 13.3. The Balaban J connectivity index is 1.89. The zero-order chi connectivity index (χ0) is 14.4. The lowest BCUT2D eigenvalue weighted by Crippen LogP contribution is -1.92. The van der Waals surface area contributed by atoms with Crippen LogP contribution in [0.25, 0.3) is 0 Å². The van der Waals surface area contributed by atoms with Gasteiger partial charge in [-0.25, -0.2) is 13.2 Å². The highest BCUT2D eigenvalue weighted by Crippen LogP contribution is 2.18. The largest absolute Gasteiger partial charge is 0.391 e. The second-order valence-corrected chi connectivity index (χ2v) is 4.07. The summed E-state index contributed by atoms with van der Waals surface area (Å²) in [5, 5.41) is 3.67. The molecule has 0 amide bonds. The van der Waals surface area contributed by atoms with E-state index in [1.54, 1.807) is 18.2 Å². The van der Waals surface area contributed by atoms with Gasteiger partial charge < -0.3 is 4.84 Å². The highest BCUT2D eigenvalue weighted by Gasteiger charge is 2.05. The molecule has 2 aromatic carbocycles. The van der Waals surface area contributed by atoms with E-state index < -0.39 is 6.43 Å². The van der Waals surface area contributed by atoms with E-state index in [2.05, 4.69) is 5.16 Å². The van der Waals surface area contributed by atoms with Crippen molar-refractivity contribution in [2.24, 2.45) is 5.16 Å². The van der Waals surface area contributed by atoms with E-state index in [0.29, 0.717) is 11.1 Å². The van der Waals surface area contributed by atoms with Gasteiger partial charge in [0.15, 0.2) is 0 Å². The van der Waals surface area contributed by atoms with Crippen molar-refractivity contribution in [3.05, 3.63) is 71.0 Å². The highest BCUT2D eigenvalue weighted by molar-refractivity contribution is 5.79. The van der Waals surface area contributed by atoms with E-state index >= 15 is 0 Å². The van der Waals surface area contributed by atoms with Crippen molar-refractivity contribution >= 4 is 6.21 Å². The lowest BCUT2D eigenvalue weighted by molar-refractivity contribution is 0.129. The molecule has 0 heterocycles. The predicted molar refractivity (Wildman–Crippen MR) is 70.2 cm³/mol. The van der Waals surface area contributed by atoms with Gasteiger partial charge in [0.25, 0.3) is 6.43 Å². The molecule has 0 fully saturated rings. The van der Waals surface area contributed by atoms with E-state index in [9.17, 15) is 13.2 Å². The molecule has 0 atom stereocenters. The normalized spacial score (nSPS) is 11.2. The topological polar surface area (TPSA) is 21.6 Å². The third kappa shape index (κ3) is 3.85. The lowest BCUT2D eigenvalue weighted by Gasteiger charge is -2.01. The number of nitrogens with zero attached hydrogens (tertiary/aromatic N) is 1. The molecule has 0 spiro atoms. The minimum absolute atomic E-state index is 0.0122. The predicted octanol–water partition coefficient (Wildman–Crippen LogP) is 4.31. The maximum atomic E-state index is 13.3. The molecule has 0 saturated heterocycles. The summed E-state index contributed by atoms with van der Waals surface area (Å²) in [6, 6.07) is 11.9. The van der Waals surface area contributed by atoms with Gasteiger partial charge in [0.2, 0.25) is 0 Å². The first-order valence-electron chi connectivity index (χ1n) is 5.93. The Morgan fingerprint density at radius 2 is 1.75 bits per heavy atom. The zero-order valence-corrected chi connectivity index (χ0v) is 10.5. The van der Waals surface area contributed by atoms with E-state index in [-0.39, 0.29) is 18.0 Å². The van der Waals surface area contributed by atoms with Gasteiger partial charge >= 0.3 is 0 Å². The molecule has 0 saturated carbocycles. The summed E-state index contributed by atoms with van der Waals surface area (Å²) < 4.78 is 37.9. The summed E-state index contributed by atoms with van der Waals surface area (Å²) >= 11 is 0. The van der Waals surface area contributed by atoms with Crippen molar-refractivity contribution in [1.82, 2.24) is 0 Å². The molecule has 2 rings (SSSR count). The number of halogens is 3. The smallest absolute Gasteiger partial charge is 0.263 e. The zero-order valence-electron chi connectivity index (χ0n) is 10.5. The average molecular weight is 279 g/mol. The number of benzene rings is 2. The van der Waals surface area contributed by atoms with Crippen molar-refractivity contribution in [3.8, 4) is 0 Å². The van der Waals surface area contributed by atoms with Gasteiger partial charge in [-0.15, -0.1) is 0 Å². The van der Waals surface area contributed by atoms with E-state index in [0.717, 1.165) is 0 Å². The van der Waals surface area contributed by atoms with Gasteiger partial charge in [0.1, 0.15) is 12.4 Å². The summed E-state index contributed by atoms with van der Waals surface area (Å²) in [5.74, 6) is -0.357. The number of hydrogen-bond acceptors (Lipinski definition) is 2. The Bertz CT molecular complexity index is 582. The van der Waals surface area contributed by atoms with Crippen LogP contribution >= 0.6 is 0 Å². The molecule has 5 heteroatoms. The molecule has 0 aromatic heterocycles. The minimum Gasteiger partial charge on any atom is -0.391 e. The van der Waals surface area contributed by atoms with Crippen molar-refractivity contribution in [3.63, 3.8) is 0 Å². The van der Waals surface area contributed by atoms with Crippen LogP contribution in [0.15, 0.2) is 53.7 Å². The Labute approximate surface area is 114 Å². The molecular weight excluding hydrogens is 267 g/mol. The third-order valence-corrected chi connectivity index (χ3v) is 2.64. The maximum Gasteiger partial charge on any atom is 0.263 e. The fraction of sp³-hybridized carbons (Fsp3) is 0.133. The molecule has 2 nitrogen and oxygen atoms in total. The first-order chi connectivity index (χ1) is 9.66. The summed E-state index contributed by atoms with van der Waals surface area (Å²) in [4.78, 5) is 4.96. The fourth-order valence-corrected chi connectivity index (χ4v) is 1.55. The number of hydrogen-bond donors (Lipinski definition) is 0. The number of rotatable bonds is 5. The summed E-state index contributed by atoms with van der Waals surface area (Å²) in [5.41, 5.74) is 0.982. The van der Waals surface area contributed by atoms with Crippen LogP contribution < -0.4 is 0 Å². The van der Waals surface area contributed by atoms with Gasteiger partial charge in [-0.05, 0) is 11.6 Å². The fourth-order valence-electron chi connectivity index (χ4n) is 1.55. The number of oxime groups is 1. The summed E-state index contributed by atoms with van der Waals surface area (Å²) in [6.07, 6.45) is -1.10. The Morgan fingerprint density at radius 1 is 1.05 bits per heavy atom. The molecule has 104 valence electrons. The lowest BCUT2D eigenvalue weighted by atomic mass is 10.1. The average Bonchev–Trinajstić information content (AvgIpc) is 2.46. The molecule has 0 unspecified atom stereocenters. The van der Waals surface area contributed by atoms with Gasteiger partial charge in [-0.3, -0.25) is 0 Å². The van der Waals surface area contributed by atoms with Gasteiger partial charge in [-0.2, -0.15) is 0 Å². The van der Waals surface area contributed by atoms with E-state index in [1.165, 1.54) is 36.5 Å². The first-order valence-corrected chi connectivity index (χ1v) is 5.93. The Hall–Kier alpha value is -2.30. The molecule has 0 bridgehead atoms. The monoisotopic (exact) mass is 279 g/mol. The molecule has 0 aliphatic rings. The van der Waals surface area contributed by atoms with Crippen molar-refractivity contribution in [1.29, 1.82) is 0 Å². The van der Waals surface area contributed by atoms with Crippen LogP contribution in [-0.2, 0) is 11.4 Å². The van der Waals surface area contributed by atoms with Crippen molar-refractivity contribution in [2.45, 2.75) is 13.0 Å². The standard InChI is InChI=1S/C15H12F3NO/c16-14-4-2-1-3-13(14)10-20-19-9-11-5-7-12(8-6-11)15(17)18/h1-9,15H,10H2. The first kappa shape index (κ1) is 14.1. The van der Waals surface area contributed by atoms with E-state index in [4.69, 9.17) is 4.84 Å². The van der Waals surface area contributed by atoms with Crippen molar-refractivity contribution < 1.29 is 18.0 Å². The van der Waals surface area contributed by atoms with Crippen LogP contribution in [0, 0.1) is 5.82 Å². The van der Waals surface area contributed by atoms with Crippen molar-refractivity contribution in [2.75, 3.05) is 0 Å². The van der Waals surface area contributed by atoms with Crippen LogP contribution in [0.1, 0.15) is 23.1 Å². The van der Waals surface area contributed by atoms with E-state index in [1.807, 2.05) is 0 Å². The van der Waals surface area contributed by atoms with Crippen LogP contribution in [0.5, 0.6) is 0 Å². The highest BCUT2D eigenvalue weighted by atomic mass is 19.3. The second kappa shape index (κ2) is 6.75. The third-order valence-electron chi connectivity index (χ3n) is 2.64. The SMILES string of the molecule is Fc1ccccc1CON=Cc1ccc(C(F)F)cc1. The number of alkyl halides is 2. The van der Waals surface area contributed by atoms with Crippen LogP contribution in [-0.4, -0.2) is 6.21 Å². The Morgan fingerprint density at radius 3 is 2.40 bits per heavy atom. The summed E-state index contributed by atoms with van der Waals surface area (Å²) in [7, 11) is 0. The summed E-state index contributed by atoms with van der Waals surface area (Å²) in [6.45, 7) is 0.0122. The van der Waals surface area contributed by atoms with Crippen LogP contribution in [0.2, 0.25) is 0 Å². The second-order valence-electron chi connectivity index (χ2n) is 4.07. The minimum atomic E-state index is -2.49. The van der Waals surface area contributed by atoms with Gasteiger partial charge in [0.05, 0.1) is 6.21 Å². The molecule has 0 aliphatic heterocycles. The molecular formula is C15H12F3NO. The molecule has 20 heavy (non-hydrogen) atoms. The van der Waals surface area contributed by atoms with Gasteiger partial charge in [-0.1, -0.05) is 47.6 Å². The molecule has 2 aromatic rings. The molecule has 0 aliphatic carbocycles. The van der Waals surface area contributed by atoms with Gasteiger partial charge in [0, 0.05) is 11.1 Å². The molecule has 0 N–H and O–H groups in total. The Kier molecular flexibility index (Phi) is 4.76. The van der Waals surface area contributed by atoms with Crippen LogP contribution in [0.4, 0.5) is 13.2 Å². The molecule has 0 radical (unpaired) electrons.